The molecule has 2 aromatic heterocycles. The average Bonchev–Trinajstić information content (AvgIpc) is 2.77. The van der Waals surface area contributed by atoms with Crippen LogP contribution in [0.3, 0.4) is 0 Å². The lowest BCUT2D eigenvalue weighted by molar-refractivity contribution is -0.137. The van der Waals surface area contributed by atoms with Crippen LogP contribution in [0.15, 0.2) is 48.8 Å². The maximum atomic E-state index is 13.0. The summed E-state index contributed by atoms with van der Waals surface area (Å²) in [5.74, 6) is 0.896. The number of alkyl halides is 3. The van der Waals surface area contributed by atoms with E-state index in [9.17, 15) is 13.2 Å². The fourth-order valence-corrected chi connectivity index (χ4v) is 3.48. The Bertz CT molecular complexity index is 1070. The van der Waals surface area contributed by atoms with Crippen molar-refractivity contribution in [1.29, 1.82) is 0 Å². The van der Waals surface area contributed by atoms with Crippen molar-refractivity contribution in [3.05, 3.63) is 59.4 Å². The van der Waals surface area contributed by atoms with E-state index in [2.05, 4.69) is 30.5 Å². The van der Waals surface area contributed by atoms with Gasteiger partial charge in [-0.2, -0.15) is 18.2 Å². The summed E-state index contributed by atoms with van der Waals surface area (Å²) >= 11 is 6.13. The first-order valence-corrected chi connectivity index (χ1v) is 10.4. The summed E-state index contributed by atoms with van der Waals surface area (Å²) in [7, 11) is 0. The van der Waals surface area contributed by atoms with Crippen molar-refractivity contribution in [2.75, 3.05) is 28.6 Å². The van der Waals surface area contributed by atoms with Gasteiger partial charge in [0.25, 0.3) is 0 Å². The summed E-state index contributed by atoms with van der Waals surface area (Å²) < 4.78 is 38.9. The lowest BCUT2D eigenvalue weighted by Crippen LogP contribution is -2.39. The smallest absolute Gasteiger partial charge is 0.370 e. The van der Waals surface area contributed by atoms with Crippen LogP contribution in [-0.2, 0) is 6.18 Å². The number of pyridine rings is 1. The number of nitrogens with zero attached hydrogens (tertiary/aromatic N) is 4. The standard InChI is InChI=1S/C21H21ClF3N7/c22-17-12-28-20(31-19(17)29-15-3-1-2-13(10-15)21(23,24)25)30-18-5-4-16(11-27-18)32-8-6-14(26)7-9-32/h1-5,10-12,14H,6-9,26H2,(H2,27,28,29,30,31). The van der Waals surface area contributed by atoms with Gasteiger partial charge in [0.1, 0.15) is 10.8 Å². The molecule has 1 saturated heterocycles. The van der Waals surface area contributed by atoms with E-state index in [1.165, 1.54) is 18.3 Å². The number of nitrogens with two attached hydrogens (primary N) is 1. The van der Waals surface area contributed by atoms with Gasteiger partial charge < -0.3 is 21.3 Å². The molecule has 3 aromatic rings. The number of hydrogen-bond donors (Lipinski definition) is 3. The second kappa shape index (κ2) is 9.17. The highest BCUT2D eigenvalue weighted by Gasteiger charge is 2.30. The molecule has 0 saturated carbocycles. The molecule has 3 heterocycles. The van der Waals surface area contributed by atoms with Crippen molar-refractivity contribution in [2.45, 2.75) is 25.1 Å². The Kier molecular flexibility index (Phi) is 6.33. The van der Waals surface area contributed by atoms with E-state index in [0.29, 0.717) is 5.82 Å². The van der Waals surface area contributed by atoms with Crippen molar-refractivity contribution in [2.24, 2.45) is 5.73 Å². The molecule has 1 aliphatic heterocycles. The Morgan fingerprint density at radius 2 is 1.81 bits per heavy atom. The van der Waals surface area contributed by atoms with Crippen LogP contribution in [0.25, 0.3) is 0 Å². The third-order valence-electron chi connectivity index (χ3n) is 5.09. The Morgan fingerprint density at radius 1 is 1.03 bits per heavy atom. The molecule has 168 valence electrons. The van der Waals surface area contributed by atoms with E-state index in [-0.39, 0.29) is 28.5 Å². The van der Waals surface area contributed by atoms with Crippen LogP contribution in [0.2, 0.25) is 5.02 Å². The van der Waals surface area contributed by atoms with Crippen molar-refractivity contribution in [3.8, 4) is 0 Å². The van der Waals surface area contributed by atoms with Crippen LogP contribution >= 0.6 is 11.6 Å². The third kappa shape index (κ3) is 5.38. The van der Waals surface area contributed by atoms with Crippen LogP contribution in [0, 0.1) is 0 Å². The molecule has 0 atom stereocenters. The molecule has 1 aromatic carbocycles. The predicted molar refractivity (Wildman–Crippen MR) is 119 cm³/mol. The van der Waals surface area contributed by atoms with Crippen LogP contribution < -0.4 is 21.3 Å². The number of piperidine rings is 1. The summed E-state index contributed by atoms with van der Waals surface area (Å²) in [6.45, 7) is 1.78. The first kappa shape index (κ1) is 22.1. The monoisotopic (exact) mass is 463 g/mol. The van der Waals surface area contributed by atoms with Gasteiger partial charge in [-0.3, -0.25) is 0 Å². The quantitative estimate of drug-likeness (QED) is 0.492. The zero-order valence-electron chi connectivity index (χ0n) is 16.9. The SMILES string of the molecule is NC1CCN(c2ccc(Nc3ncc(Cl)c(Nc4cccc(C(F)(F)F)c4)n3)nc2)CC1. The summed E-state index contributed by atoms with van der Waals surface area (Å²) in [5, 5.41) is 5.95. The molecule has 1 aliphatic rings. The Hall–Kier alpha value is -3.11. The summed E-state index contributed by atoms with van der Waals surface area (Å²) in [4.78, 5) is 15.0. The molecule has 0 aliphatic carbocycles. The van der Waals surface area contributed by atoms with Gasteiger partial charge in [-0.25, -0.2) is 9.97 Å². The van der Waals surface area contributed by atoms with E-state index in [0.717, 1.165) is 43.8 Å². The van der Waals surface area contributed by atoms with E-state index < -0.39 is 11.7 Å². The van der Waals surface area contributed by atoms with Crippen LogP contribution in [0.1, 0.15) is 18.4 Å². The van der Waals surface area contributed by atoms with E-state index >= 15 is 0 Å². The van der Waals surface area contributed by atoms with E-state index in [1.807, 2.05) is 12.1 Å². The lowest BCUT2D eigenvalue weighted by Gasteiger charge is -2.31. The first-order valence-electron chi connectivity index (χ1n) is 9.98. The minimum Gasteiger partial charge on any atom is -0.370 e. The predicted octanol–water partition coefficient (Wildman–Crippen LogP) is 4.96. The van der Waals surface area contributed by atoms with Gasteiger partial charge >= 0.3 is 6.18 Å². The van der Waals surface area contributed by atoms with Gasteiger partial charge in [-0.1, -0.05) is 17.7 Å². The molecule has 4 N–H and O–H groups in total. The second-order valence-corrected chi connectivity index (χ2v) is 7.85. The zero-order valence-corrected chi connectivity index (χ0v) is 17.7. The zero-order chi connectivity index (χ0) is 22.7. The van der Waals surface area contributed by atoms with Crippen molar-refractivity contribution < 1.29 is 13.2 Å². The Balaban J connectivity index is 1.46. The van der Waals surface area contributed by atoms with Crippen LogP contribution in [0.4, 0.5) is 42.1 Å². The maximum Gasteiger partial charge on any atom is 0.416 e. The molecule has 11 heteroatoms. The minimum atomic E-state index is -4.45. The number of nitrogens with one attached hydrogen (secondary N) is 2. The molecule has 0 bridgehead atoms. The highest BCUT2D eigenvalue weighted by molar-refractivity contribution is 6.32. The fraction of sp³-hybridized carbons (Fsp3) is 0.286. The first-order chi connectivity index (χ1) is 15.3. The molecule has 4 rings (SSSR count). The normalized spacial score (nSPS) is 15.0. The van der Waals surface area contributed by atoms with E-state index in [4.69, 9.17) is 17.3 Å². The van der Waals surface area contributed by atoms with Crippen LogP contribution in [-0.4, -0.2) is 34.1 Å². The highest BCUT2D eigenvalue weighted by atomic mass is 35.5. The summed E-state index contributed by atoms with van der Waals surface area (Å²) in [6, 6.07) is 8.79. The average molecular weight is 464 g/mol. The highest BCUT2D eigenvalue weighted by Crippen LogP contribution is 2.32. The van der Waals surface area contributed by atoms with E-state index in [1.54, 1.807) is 6.20 Å². The number of benzene rings is 1. The molecule has 0 unspecified atom stereocenters. The molecule has 0 amide bonds. The number of anilines is 5. The summed E-state index contributed by atoms with van der Waals surface area (Å²) in [5.41, 5.74) is 6.39. The number of rotatable bonds is 5. The van der Waals surface area contributed by atoms with Crippen LogP contribution in [0.5, 0.6) is 0 Å². The van der Waals surface area contributed by atoms with Gasteiger partial charge in [0.15, 0.2) is 5.82 Å². The molecule has 7 nitrogen and oxygen atoms in total. The largest absolute Gasteiger partial charge is 0.416 e. The number of halogens is 4. The topological polar surface area (TPSA) is 92.0 Å². The van der Waals surface area contributed by atoms with Gasteiger partial charge in [0.05, 0.1) is 23.6 Å². The third-order valence-corrected chi connectivity index (χ3v) is 5.37. The molecule has 0 spiro atoms. The minimum absolute atomic E-state index is 0.166. The summed E-state index contributed by atoms with van der Waals surface area (Å²) in [6.07, 6.45) is 0.563. The van der Waals surface area contributed by atoms with Gasteiger partial charge in [-0.05, 0) is 43.2 Å². The molecular formula is C21H21ClF3N7. The maximum absolute atomic E-state index is 13.0. The fourth-order valence-electron chi connectivity index (χ4n) is 3.34. The van der Waals surface area contributed by atoms with Gasteiger partial charge in [-0.15, -0.1) is 0 Å². The number of hydrogen-bond acceptors (Lipinski definition) is 7. The Morgan fingerprint density at radius 3 is 2.50 bits per heavy atom. The van der Waals surface area contributed by atoms with Crippen molar-refractivity contribution >= 4 is 40.6 Å². The van der Waals surface area contributed by atoms with Crippen molar-refractivity contribution in [1.82, 2.24) is 15.0 Å². The lowest BCUT2D eigenvalue weighted by atomic mass is 10.1. The van der Waals surface area contributed by atoms with Crippen molar-refractivity contribution in [3.63, 3.8) is 0 Å². The molecule has 32 heavy (non-hydrogen) atoms. The number of aromatic nitrogens is 3. The van der Waals surface area contributed by atoms with Gasteiger partial charge in [0, 0.05) is 24.8 Å². The van der Waals surface area contributed by atoms with Gasteiger partial charge in [0.2, 0.25) is 5.95 Å². The second-order valence-electron chi connectivity index (χ2n) is 7.44. The molecule has 1 fully saturated rings. The Labute approximate surface area is 187 Å². The molecule has 0 radical (unpaired) electrons. The molecular weight excluding hydrogens is 443 g/mol.